The van der Waals surface area contributed by atoms with Crippen molar-refractivity contribution >= 4 is 17.8 Å². The summed E-state index contributed by atoms with van der Waals surface area (Å²) in [6.45, 7) is -0.507. The molecule has 1 unspecified atom stereocenters. The van der Waals surface area contributed by atoms with Gasteiger partial charge in [-0.3, -0.25) is 4.79 Å². The van der Waals surface area contributed by atoms with Crippen LogP contribution in [0.15, 0.2) is 11.8 Å². The first kappa shape index (κ1) is 19.8. The molecule has 0 spiro atoms. The molecule has 0 saturated carbocycles. The quantitative estimate of drug-likeness (QED) is 0.265. The van der Waals surface area contributed by atoms with E-state index in [-0.39, 0.29) is 0 Å². The Morgan fingerprint density at radius 2 is 1.96 bits per heavy atom. The largest absolute Gasteiger partial charge is 0.480 e. The molecular formula is C13H19NO10. The molecule has 1 aliphatic heterocycles. The van der Waals surface area contributed by atoms with E-state index in [0.29, 0.717) is 0 Å². The van der Waals surface area contributed by atoms with Crippen molar-refractivity contribution in [2.24, 2.45) is 0 Å². The topological polar surface area (TPSA) is 183 Å². The van der Waals surface area contributed by atoms with Gasteiger partial charge in [0.1, 0.15) is 24.9 Å². The third kappa shape index (κ3) is 5.16. The average Bonchev–Trinajstić information content (AvgIpc) is 2.51. The average molecular weight is 349 g/mol. The van der Waals surface area contributed by atoms with E-state index in [4.69, 9.17) is 24.8 Å². The molecule has 1 aliphatic rings. The van der Waals surface area contributed by atoms with Crippen LogP contribution in [0.4, 0.5) is 0 Å². The number of aliphatic carboxylic acids is 2. The molecule has 1 rings (SSSR count). The minimum atomic E-state index is -1.77. The molecule has 6 N–H and O–H groups in total. The zero-order chi connectivity index (χ0) is 18.4. The standard InChI is InChI=1S/C13H19NO10/c1-5(16)14-10-7(23-4-9(18)19)2-8(13(21)22)24-12(10)11(20)6(17)3-15/h2,6-7,10-12,15,17,20H,3-4H2,1H3,(H,14,16)(H,18,19)(H,21,22)/t6?,7-,10+,11+,12+/m0/s1. The van der Waals surface area contributed by atoms with Crippen LogP contribution < -0.4 is 5.32 Å². The van der Waals surface area contributed by atoms with E-state index < -0.39 is 67.3 Å². The fraction of sp³-hybridized carbons (Fsp3) is 0.615. The number of amides is 1. The Morgan fingerprint density at radius 3 is 2.42 bits per heavy atom. The summed E-state index contributed by atoms with van der Waals surface area (Å²) in [4.78, 5) is 33.1. The van der Waals surface area contributed by atoms with Crippen molar-refractivity contribution in [2.45, 2.75) is 37.4 Å². The number of carboxylic acid groups (broad SMARTS) is 2. The maximum Gasteiger partial charge on any atom is 0.370 e. The maximum atomic E-state index is 11.3. The fourth-order valence-corrected chi connectivity index (χ4v) is 2.15. The Bertz CT molecular complexity index is 519. The van der Waals surface area contributed by atoms with E-state index in [1.807, 2.05) is 0 Å². The monoisotopic (exact) mass is 349 g/mol. The smallest absolute Gasteiger partial charge is 0.370 e. The summed E-state index contributed by atoms with van der Waals surface area (Å²) in [5.74, 6) is -4.09. The van der Waals surface area contributed by atoms with Gasteiger partial charge in [-0.2, -0.15) is 0 Å². The third-order valence-corrected chi connectivity index (χ3v) is 3.18. The molecule has 0 aromatic carbocycles. The Labute approximate surface area is 136 Å². The minimum absolute atomic E-state index is 0.588. The summed E-state index contributed by atoms with van der Waals surface area (Å²) in [6.07, 6.45) is -5.26. The zero-order valence-electron chi connectivity index (χ0n) is 12.7. The molecule has 0 bridgehead atoms. The van der Waals surface area contributed by atoms with Crippen LogP contribution in [0.3, 0.4) is 0 Å². The molecule has 0 aliphatic carbocycles. The first-order valence-electron chi connectivity index (χ1n) is 6.86. The van der Waals surface area contributed by atoms with Crippen molar-refractivity contribution in [3.8, 4) is 0 Å². The van der Waals surface area contributed by atoms with Gasteiger partial charge in [-0.25, -0.2) is 9.59 Å². The number of hydrogen-bond donors (Lipinski definition) is 6. The van der Waals surface area contributed by atoms with Gasteiger partial charge in [-0.1, -0.05) is 0 Å². The van der Waals surface area contributed by atoms with Gasteiger partial charge in [0.15, 0.2) is 6.10 Å². The molecule has 11 nitrogen and oxygen atoms in total. The summed E-state index contributed by atoms with van der Waals surface area (Å²) in [6, 6.07) is -1.19. The number of aliphatic hydroxyl groups excluding tert-OH is 3. The van der Waals surface area contributed by atoms with Gasteiger partial charge in [0.25, 0.3) is 0 Å². The van der Waals surface area contributed by atoms with Crippen LogP contribution in [-0.2, 0) is 23.9 Å². The molecule has 24 heavy (non-hydrogen) atoms. The van der Waals surface area contributed by atoms with E-state index in [1.54, 1.807) is 0 Å². The van der Waals surface area contributed by atoms with E-state index in [0.717, 1.165) is 13.0 Å². The van der Waals surface area contributed by atoms with Crippen molar-refractivity contribution in [3.63, 3.8) is 0 Å². The molecule has 11 heteroatoms. The predicted octanol–water partition coefficient (Wildman–Crippen LogP) is -2.96. The van der Waals surface area contributed by atoms with Crippen molar-refractivity contribution in [1.29, 1.82) is 0 Å². The lowest BCUT2D eigenvalue weighted by molar-refractivity contribution is -0.155. The van der Waals surface area contributed by atoms with Crippen molar-refractivity contribution in [2.75, 3.05) is 13.2 Å². The number of carboxylic acids is 2. The molecule has 5 atom stereocenters. The second-order valence-corrected chi connectivity index (χ2v) is 5.05. The highest BCUT2D eigenvalue weighted by Gasteiger charge is 2.44. The van der Waals surface area contributed by atoms with Gasteiger partial charge in [0.2, 0.25) is 11.7 Å². The van der Waals surface area contributed by atoms with E-state index in [1.165, 1.54) is 0 Å². The van der Waals surface area contributed by atoms with Gasteiger partial charge >= 0.3 is 11.9 Å². The number of rotatable bonds is 8. The van der Waals surface area contributed by atoms with Gasteiger partial charge in [-0.05, 0) is 6.08 Å². The van der Waals surface area contributed by atoms with Gasteiger partial charge < -0.3 is 40.3 Å². The first-order valence-corrected chi connectivity index (χ1v) is 6.86. The van der Waals surface area contributed by atoms with Gasteiger partial charge in [-0.15, -0.1) is 0 Å². The molecular weight excluding hydrogens is 330 g/mol. The van der Waals surface area contributed by atoms with Crippen molar-refractivity contribution in [1.82, 2.24) is 5.32 Å². The fourth-order valence-electron chi connectivity index (χ4n) is 2.15. The third-order valence-electron chi connectivity index (χ3n) is 3.18. The Balaban J connectivity index is 3.17. The lowest BCUT2D eigenvalue weighted by Gasteiger charge is -2.39. The minimum Gasteiger partial charge on any atom is -0.480 e. The highest BCUT2D eigenvalue weighted by Crippen LogP contribution is 2.24. The molecule has 1 heterocycles. The summed E-state index contributed by atoms with van der Waals surface area (Å²) in [5.41, 5.74) is 0. The zero-order valence-corrected chi connectivity index (χ0v) is 12.7. The molecule has 136 valence electrons. The number of carbonyl (C=O) groups excluding carboxylic acids is 1. The van der Waals surface area contributed by atoms with Crippen LogP contribution in [0.5, 0.6) is 0 Å². The second kappa shape index (κ2) is 8.59. The van der Waals surface area contributed by atoms with Crippen LogP contribution in [0.1, 0.15) is 6.92 Å². The normalized spacial score (nSPS) is 25.8. The van der Waals surface area contributed by atoms with E-state index in [2.05, 4.69) is 5.32 Å². The Hall–Kier alpha value is -2.21. The predicted molar refractivity (Wildman–Crippen MR) is 74.7 cm³/mol. The first-order chi connectivity index (χ1) is 11.2. The van der Waals surface area contributed by atoms with Crippen LogP contribution in [-0.4, -0.2) is 87.0 Å². The van der Waals surface area contributed by atoms with Crippen LogP contribution in [0.2, 0.25) is 0 Å². The molecule has 1 amide bonds. The van der Waals surface area contributed by atoms with E-state index >= 15 is 0 Å². The van der Waals surface area contributed by atoms with Crippen molar-refractivity contribution < 1.29 is 49.4 Å². The molecule has 0 fully saturated rings. The molecule has 0 aromatic rings. The van der Waals surface area contributed by atoms with Crippen LogP contribution in [0.25, 0.3) is 0 Å². The second-order valence-electron chi connectivity index (χ2n) is 5.05. The molecule has 0 aromatic heterocycles. The van der Waals surface area contributed by atoms with Crippen LogP contribution >= 0.6 is 0 Å². The number of carbonyl (C=O) groups is 3. The summed E-state index contributed by atoms with van der Waals surface area (Å²) < 4.78 is 10.1. The summed E-state index contributed by atoms with van der Waals surface area (Å²) in [7, 11) is 0. The van der Waals surface area contributed by atoms with Gasteiger partial charge in [0.05, 0.1) is 12.6 Å². The summed E-state index contributed by atoms with van der Waals surface area (Å²) >= 11 is 0. The molecule has 0 radical (unpaired) electrons. The maximum absolute atomic E-state index is 11.3. The highest BCUT2D eigenvalue weighted by atomic mass is 16.5. The number of hydrogen-bond acceptors (Lipinski definition) is 8. The van der Waals surface area contributed by atoms with Crippen LogP contribution in [0, 0.1) is 0 Å². The Morgan fingerprint density at radius 1 is 1.33 bits per heavy atom. The lowest BCUT2D eigenvalue weighted by atomic mass is 9.93. The summed E-state index contributed by atoms with van der Waals surface area (Å²) in [5, 5.41) is 48.6. The Kier molecular flexibility index (Phi) is 7.10. The number of aliphatic hydroxyl groups is 3. The lowest BCUT2D eigenvalue weighted by Crippen LogP contribution is -2.60. The number of ether oxygens (including phenoxy) is 2. The van der Waals surface area contributed by atoms with Crippen molar-refractivity contribution in [3.05, 3.63) is 11.8 Å². The SMILES string of the molecule is CC(=O)N[C@H]1[C@H]([C@H](O)C(O)CO)OC(C(=O)O)=C[C@@H]1OCC(=O)O. The van der Waals surface area contributed by atoms with E-state index in [9.17, 15) is 24.6 Å². The molecule has 0 saturated heterocycles. The van der Waals surface area contributed by atoms with Gasteiger partial charge in [0, 0.05) is 6.92 Å². The number of nitrogens with one attached hydrogen (secondary N) is 1. The highest BCUT2D eigenvalue weighted by molar-refractivity contribution is 5.84.